The minimum atomic E-state index is -0.795. The second-order valence-corrected chi connectivity index (χ2v) is 12.3. The van der Waals surface area contributed by atoms with E-state index in [0.717, 1.165) is 47.8 Å². The highest BCUT2D eigenvalue weighted by Crippen LogP contribution is 2.54. The molecule has 0 bridgehead atoms. The summed E-state index contributed by atoms with van der Waals surface area (Å²) >= 11 is 0. The molecule has 0 amide bonds. The van der Waals surface area contributed by atoms with Gasteiger partial charge in [-0.2, -0.15) is 0 Å². The maximum atomic E-state index is 11.1. The third kappa shape index (κ3) is 5.85. The number of benzene rings is 2. The number of aliphatic hydroxyl groups excluding tert-OH is 3. The first-order chi connectivity index (χ1) is 19.8. The number of epoxide rings is 1. The number of hydrogen-bond donors (Lipinski definition) is 3. The van der Waals surface area contributed by atoms with Crippen LogP contribution in [0.3, 0.4) is 0 Å². The van der Waals surface area contributed by atoms with E-state index in [2.05, 4.69) is 26.8 Å². The van der Waals surface area contributed by atoms with E-state index >= 15 is 0 Å². The van der Waals surface area contributed by atoms with E-state index in [0.29, 0.717) is 42.3 Å². The number of ether oxygens (including phenoxy) is 2. The first-order valence-electron chi connectivity index (χ1n) is 15.4. The highest BCUT2D eigenvalue weighted by molar-refractivity contribution is 5.88. The van der Waals surface area contributed by atoms with Gasteiger partial charge in [-0.05, 0) is 73.1 Å². The molecule has 2 aromatic carbocycles. The van der Waals surface area contributed by atoms with Gasteiger partial charge in [-0.15, -0.1) is 0 Å². The maximum Gasteiger partial charge on any atom is 0.146 e. The van der Waals surface area contributed by atoms with E-state index in [9.17, 15) is 15.3 Å². The Morgan fingerprint density at radius 3 is 2.44 bits per heavy atom. The Balaban J connectivity index is 1.47. The van der Waals surface area contributed by atoms with E-state index in [1.54, 1.807) is 0 Å². The van der Waals surface area contributed by atoms with Crippen molar-refractivity contribution in [1.82, 2.24) is 0 Å². The standard InChI is InChI=1S/C35H46O6/c1-5-11-26(24-18-30(37)35(31(38)19-24)32(6-2)41-35)29-21-40-34-27(29)17-25(16-22(3)4)33(28(34)20-36)39-15-10-14-23-12-8-7-9-13-23/h7-10,12-14,17,21-22,24,26,30-32,36-38H,5-6,11,15-16,18-20H2,1-4H3/b14-10+/t24-,26?,30-,31?,32?,35?/m1/s1. The lowest BCUT2D eigenvalue weighted by atomic mass is 9.68. The molecule has 41 heavy (non-hydrogen) atoms. The van der Waals surface area contributed by atoms with Gasteiger partial charge in [-0.25, -0.2) is 0 Å². The lowest BCUT2D eigenvalue weighted by Crippen LogP contribution is -2.50. The molecule has 5 rings (SSSR count). The Bertz CT molecular complexity index is 1310. The highest BCUT2D eigenvalue weighted by atomic mass is 16.6. The molecule has 1 aliphatic heterocycles. The fourth-order valence-electron chi connectivity index (χ4n) is 7.13. The number of furan rings is 1. The summed E-state index contributed by atoms with van der Waals surface area (Å²) in [7, 11) is 0. The van der Waals surface area contributed by atoms with Gasteiger partial charge in [-0.1, -0.05) is 70.5 Å². The molecule has 2 aliphatic rings. The summed E-state index contributed by atoms with van der Waals surface area (Å²) in [6.07, 6.45) is 9.07. The molecule has 1 saturated heterocycles. The van der Waals surface area contributed by atoms with Crippen LogP contribution >= 0.6 is 0 Å². The molecule has 3 N–H and O–H groups in total. The van der Waals surface area contributed by atoms with Crippen molar-refractivity contribution in [2.75, 3.05) is 6.61 Å². The monoisotopic (exact) mass is 562 g/mol. The summed E-state index contributed by atoms with van der Waals surface area (Å²) in [6, 6.07) is 12.3. The van der Waals surface area contributed by atoms with Crippen LogP contribution in [0.2, 0.25) is 0 Å². The third-order valence-electron chi connectivity index (χ3n) is 9.06. The van der Waals surface area contributed by atoms with Crippen LogP contribution in [0.25, 0.3) is 17.0 Å². The first kappa shape index (κ1) is 29.8. The van der Waals surface area contributed by atoms with Crippen molar-refractivity contribution in [2.45, 2.75) is 103 Å². The van der Waals surface area contributed by atoms with Crippen LogP contribution in [-0.4, -0.2) is 45.8 Å². The quantitative estimate of drug-likeness (QED) is 0.211. The predicted molar refractivity (Wildman–Crippen MR) is 162 cm³/mol. The molecule has 4 unspecified atom stereocenters. The van der Waals surface area contributed by atoms with Crippen molar-refractivity contribution in [2.24, 2.45) is 11.8 Å². The first-order valence-corrected chi connectivity index (χ1v) is 15.4. The molecule has 6 atom stereocenters. The lowest BCUT2D eigenvalue weighted by Gasteiger charge is -2.39. The van der Waals surface area contributed by atoms with Crippen LogP contribution in [0.4, 0.5) is 0 Å². The molecule has 3 aromatic rings. The van der Waals surface area contributed by atoms with Gasteiger partial charge in [-0.3, -0.25) is 0 Å². The minimum absolute atomic E-state index is 0.0699. The van der Waals surface area contributed by atoms with Gasteiger partial charge in [0.2, 0.25) is 0 Å². The van der Waals surface area contributed by atoms with Gasteiger partial charge < -0.3 is 29.2 Å². The van der Waals surface area contributed by atoms with Crippen molar-refractivity contribution in [1.29, 1.82) is 0 Å². The Labute approximate surface area is 244 Å². The molecular weight excluding hydrogens is 516 g/mol. The Morgan fingerprint density at radius 2 is 1.83 bits per heavy atom. The molecule has 6 nitrogen and oxygen atoms in total. The van der Waals surface area contributed by atoms with Gasteiger partial charge in [0, 0.05) is 10.9 Å². The Morgan fingerprint density at radius 1 is 1.10 bits per heavy atom. The smallest absolute Gasteiger partial charge is 0.146 e. The van der Waals surface area contributed by atoms with Crippen LogP contribution in [0.5, 0.6) is 5.75 Å². The predicted octanol–water partition coefficient (Wildman–Crippen LogP) is 6.78. The van der Waals surface area contributed by atoms with Crippen LogP contribution in [0.15, 0.2) is 53.2 Å². The molecule has 222 valence electrons. The zero-order valence-electron chi connectivity index (χ0n) is 24.9. The fourth-order valence-corrected chi connectivity index (χ4v) is 7.13. The van der Waals surface area contributed by atoms with Crippen LogP contribution < -0.4 is 4.74 Å². The van der Waals surface area contributed by atoms with Gasteiger partial charge in [0.25, 0.3) is 0 Å². The molecule has 2 heterocycles. The average molecular weight is 563 g/mol. The van der Waals surface area contributed by atoms with E-state index in [-0.39, 0.29) is 24.5 Å². The van der Waals surface area contributed by atoms with Gasteiger partial charge in [0.05, 0.1) is 36.7 Å². The van der Waals surface area contributed by atoms with Crippen LogP contribution in [0, 0.1) is 11.8 Å². The summed E-state index contributed by atoms with van der Waals surface area (Å²) in [5.74, 6) is 1.30. The number of hydrogen-bond acceptors (Lipinski definition) is 6. The number of aliphatic hydroxyl groups is 3. The van der Waals surface area contributed by atoms with E-state index < -0.39 is 17.8 Å². The SMILES string of the molecule is CCCC(c1coc2c(CO)c(OC/C=C/c3ccccc3)c(CC(C)C)cc12)[C@H]1CC(O)C2(OC2CC)[C@H](O)C1. The van der Waals surface area contributed by atoms with E-state index in [4.69, 9.17) is 13.9 Å². The summed E-state index contributed by atoms with van der Waals surface area (Å²) in [6.45, 7) is 8.76. The minimum Gasteiger partial charge on any atom is -0.489 e. The molecule has 1 aliphatic carbocycles. The summed E-state index contributed by atoms with van der Waals surface area (Å²) in [5, 5.41) is 33.8. The third-order valence-corrected chi connectivity index (χ3v) is 9.06. The largest absolute Gasteiger partial charge is 0.489 e. The molecule has 6 heteroatoms. The Kier molecular flexibility index (Phi) is 9.24. The second kappa shape index (κ2) is 12.7. The van der Waals surface area contributed by atoms with Crippen molar-refractivity contribution in [3.05, 3.63) is 71.0 Å². The average Bonchev–Trinajstić information content (AvgIpc) is 3.57. The Hall–Kier alpha value is -2.64. The van der Waals surface area contributed by atoms with Crippen molar-refractivity contribution >= 4 is 17.0 Å². The maximum absolute atomic E-state index is 11.1. The highest BCUT2D eigenvalue weighted by Gasteiger charge is 2.67. The lowest BCUT2D eigenvalue weighted by molar-refractivity contribution is -0.0689. The summed E-state index contributed by atoms with van der Waals surface area (Å²) in [5.41, 5.74) is 3.78. The molecule has 1 aromatic heterocycles. The second-order valence-electron chi connectivity index (χ2n) is 12.3. The summed E-state index contributed by atoms with van der Waals surface area (Å²) in [4.78, 5) is 0. The summed E-state index contributed by atoms with van der Waals surface area (Å²) < 4.78 is 18.4. The number of fused-ring (bicyclic) bond motifs is 1. The molecule has 1 saturated carbocycles. The zero-order chi connectivity index (χ0) is 29.1. The van der Waals surface area contributed by atoms with Gasteiger partial charge in [0.15, 0.2) is 0 Å². The van der Waals surface area contributed by atoms with Crippen molar-refractivity contribution in [3.63, 3.8) is 0 Å². The van der Waals surface area contributed by atoms with Gasteiger partial charge in [0.1, 0.15) is 23.5 Å². The van der Waals surface area contributed by atoms with Gasteiger partial charge >= 0.3 is 0 Å². The van der Waals surface area contributed by atoms with E-state index in [1.165, 1.54) is 0 Å². The van der Waals surface area contributed by atoms with Crippen LogP contribution in [0.1, 0.15) is 88.0 Å². The fraction of sp³-hybridized carbons (Fsp3) is 0.543. The number of rotatable bonds is 12. The van der Waals surface area contributed by atoms with Crippen molar-refractivity contribution in [3.8, 4) is 5.75 Å². The topological polar surface area (TPSA) is 95.6 Å². The normalized spacial score (nSPS) is 26.8. The van der Waals surface area contributed by atoms with Crippen molar-refractivity contribution < 1.29 is 29.2 Å². The zero-order valence-corrected chi connectivity index (χ0v) is 24.9. The molecule has 1 spiro atoms. The van der Waals surface area contributed by atoms with E-state index in [1.807, 2.05) is 55.7 Å². The molecule has 2 fully saturated rings. The molecular formula is C35H46O6. The molecule has 0 radical (unpaired) electrons. The van der Waals surface area contributed by atoms with Crippen LogP contribution in [-0.2, 0) is 17.8 Å².